The van der Waals surface area contributed by atoms with Gasteiger partial charge in [-0.2, -0.15) is 0 Å². The number of aromatic nitrogens is 2. The summed E-state index contributed by atoms with van der Waals surface area (Å²) in [4.78, 5) is 17.9. The fraction of sp³-hybridized carbons (Fsp3) is 0.222. The molecule has 4 nitrogen and oxygen atoms in total. The van der Waals surface area contributed by atoms with Crippen LogP contribution < -0.4 is 5.32 Å². The molecule has 1 heterocycles. The van der Waals surface area contributed by atoms with Crippen molar-refractivity contribution in [1.29, 1.82) is 0 Å². The van der Waals surface area contributed by atoms with Crippen molar-refractivity contribution in [1.82, 2.24) is 14.9 Å². The van der Waals surface area contributed by atoms with Crippen LogP contribution in [0.4, 0.5) is 0 Å². The summed E-state index contributed by atoms with van der Waals surface area (Å²) in [5, 5.41) is 3.41. The lowest BCUT2D eigenvalue weighted by molar-refractivity contribution is 0.0952. The first-order chi connectivity index (χ1) is 11.6. The third kappa shape index (κ3) is 3.42. The number of aryl methyl sites for hydroxylation is 1. The van der Waals surface area contributed by atoms with Gasteiger partial charge in [0.25, 0.3) is 5.91 Å². The first-order valence-electron chi connectivity index (χ1n) is 7.64. The number of para-hydroxylation sites is 2. The number of thioether (sulfide) groups is 1. The second-order valence-electron chi connectivity index (χ2n) is 5.40. The van der Waals surface area contributed by atoms with Gasteiger partial charge in [-0.1, -0.05) is 23.7 Å². The minimum absolute atomic E-state index is 0.155. The molecule has 0 saturated heterocycles. The second kappa shape index (κ2) is 7.28. The highest BCUT2D eigenvalue weighted by Gasteiger charge is 2.12. The Morgan fingerprint density at radius 1 is 1.29 bits per heavy atom. The molecule has 3 rings (SSSR count). The summed E-state index contributed by atoms with van der Waals surface area (Å²) in [6, 6.07) is 13.5. The lowest BCUT2D eigenvalue weighted by Gasteiger charge is -2.10. The number of benzene rings is 2. The number of imidazole rings is 1. The van der Waals surface area contributed by atoms with Crippen molar-refractivity contribution in [2.45, 2.75) is 18.4 Å². The van der Waals surface area contributed by atoms with Crippen LogP contribution in [0, 0.1) is 6.92 Å². The van der Waals surface area contributed by atoms with Gasteiger partial charge in [-0.15, -0.1) is 11.8 Å². The molecular formula is C18H18ClN3OS. The normalized spacial score (nSPS) is 11.0. The molecule has 1 amide bonds. The Hall–Kier alpha value is -1.98. The molecule has 2 aromatic carbocycles. The van der Waals surface area contributed by atoms with Crippen molar-refractivity contribution in [3.63, 3.8) is 0 Å². The largest absolute Gasteiger partial charge is 0.350 e. The number of amides is 1. The molecule has 0 spiro atoms. The van der Waals surface area contributed by atoms with Crippen molar-refractivity contribution in [3.8, 4) is 0 Å². The fourth-order valence-corrected chi connectivity index (χ4v) is 3.30. The number of rotatable bonds is 5. The number of halogens is 1. The number of nitrogens with one attached hydrogen (secondary N) is 1. The van der Waals surface area contributed by atoms with Crippen LogP contribution in [0.3, 0.4) is 0 Å². The van der Waals surface area contributed by atoms with E-state index in [1.54, 1.807) is 17.8 Å². The smallest absolute Gasteiger partial charge is 0.252 e. The maximum absolute atomic E-state index is 12.4. The van der Waals surface area contributed by atoms with E-state index in [0.717, 1.165) is 21.8 Å². The minimum atomic E-state index is -0.155. The highest BCUT2D eigenvalue weighted by Crippen LogP contribution is 2.23. The Labute approximate surface area is 150 Å². The molecule has 0 aliphatic heterocycles. The van der Waals surface area contributed by atoms with E-state index in [9.17, 15) is 4.79 Å². The topological polar surface area (TPSA) is 46.9 Å². The summed E-state index contributed by atoms with van der Waals surface area (Å²) in [5.41, 5.74) is 2.56. The quantitative estimate of drug-likeness (QED) is 0.696. The molecular weight excluding hydrogens is 342 g/mol. The van der Waals surface area contributed by atoms with E-state index in [2.05, 4.69) is 14.9 Å². The van der Waals surface area contributed by atoms with Gasteiger partial charge in [0.05, 0.1) is 21.6 Å². The Morgan fingerprint density at radius 2 is 2.08 bits per heavy atom. The summed E-state index contributed by atoms with van der Waals surface area (Å²) in [7, 11) is 0. The Balaban J connectivity index is 1.70. The number of fused-ring (bicyclic) bond motifs is 1. The van der Waals surface area contributed by atoms with E-state index in [4.69, 9.17) is 11.6 Å². The molecule has 0 radical (unpaired) electrons. The molecule has 1 aromatic heterocycles. The van der Waals surface area contributed by atoms with Gasteiger partial charge >= 0.3 is 0 Å². The molecule has 6 heteroatoms. The summed E-state index contributed by atoms with van der Waals surface area (Å²) >= 11 is 7.73. The van der Waals surface area contributed by atoms with Crippen molar-refractivity contribution in [3.05, 3.63) is 58.9 Å². The first-order valence-corrected chi connectivity index (χ1v) is 9.24. The number of carbonyl (C=O) groups excluding carboxylic acids is 1. The lowest BCUT2D eigenvalue weighted by atomic mass is 10.2. The highest BCUT2D eigenvalue weighted by molar-refractivity contribution is 7.98. The summed E-state index contributed by atoms with van der Waals surface area (Å²) in [5.74, 6) is 0.783. The zero-order valence-corrected chi connectivity index (χ0v) is 15.1. The summed E-state index contributed by atoms with van der Waals surface area (Å²) in [6.45, 7) is 3.15. The summed E-state index contributed by atoms with van der Waals surface area (Å²) in [6.07, 6.45) is 1.97. The molecule has 0 fully saturated rings. The van der Waals surface area contributed by atoms with E-state index in [-0.39, 0.29) is 5.91 Å². The highest BCUT2D eigenvalue weighted by atomic mass is 35.5. The van der Waals surface area contributed by atoms with Crippen molar-refractivity contribution in [2.24, 2.45) is 0 Å². The Bertz CT molecular complexity index is 891. The van der Waals surface area contributed by atoms with Crippen LogP contribution in [-0.4, -0.2) is 28.3 Å². The van der Waals surface area contributed by atoms with Gasteiger partial charge in [0.1, 0.15) is 5.82 Å². The van der Waals surface area contributed by atoms with E-state index in [1.807, 2.05) is 49.6 Å². The van der Waals surface area contributed by atoms with Gasteiger partial charge in [-0.05, 0) is 43.5 Å². The predicted octanol–water partition coefficient (Wildman–Crippen LogP) is 4.15. The molecule has 0 bridgehead atoms. The van der Waals surface area contributed by atoms with E-state index >= 15 is 0 Å². The molecule has 3 aromatic rings. The van der Waals surface area contributed by atoms with Crippen LogP contribution in [0.1, 0.15) is 16.2 Å². The number of hydrogen-bond donors (Lipinski definition) is 1. The van der Waals surface area contributed by atoms with Crippen molar-refractivity contribution in [2.75, 3.05) is 12.8 Å². The third-order valence-corrected chi connectivity index (χ3v) is 4.94. The van der Waals surface area contributed by atoms with Gasteiger partial charge in [0, 0.05) is 18.0 Å². The van der Waals surface area contributed by atoms with Crippen molar-refractivity contribution < 1.29 is 4.79 Å². The minimum Gasteiger partial charge on any atom is -0.350 e. The molecule has 0 aliphatic carbocycles. The van der Waals surface area contributed by atoms with Crippen LogP contribution >= 0.6 is 23.4 Å². The lowest BCUT2D eigenvalue weighted by Crippen LogP contribution is -2.27. The molecule has 124 valence electrons. The zero-order chi connectivity index (χ0) is 17.1. The van der Waals surface area contributed by atoms with Gasteiger partial charge in [-0.25, -0.2) is 4.98 Å². The van der Waals surface area contributed by atoms with E-state index in [0.29, 0.717) is 23.7 Å². The van der Waals surface area contributed by atoms with Gasteiger partial charge in [0.15, 0.2) is 0 Å². The van der Waals surface area contributed by atoms with Crippen molar-refractivity contribution >= 4 is 40.3 Å². The van der Waals surface area contributed by atoms with E-state index < -0.39 is 0 Å². The molecule has 24 heavy (non-hydrogen) atoms. The molecule has 0 saturated carbocycles. The Morgan fingerprint density at radius 3 is 2.88 bits per heavy atom. The Kier molecular flexibility index (Phi) is 5.11. The maximum atomic E-state index is 12.4. The van der Waals surface area contributed by atoms with Gasteiger partial charge < -0.3 is 9.88 Å². The zero-order valence-electron chi connectivity index (χ0n) is 13.5. The van der Waals surface area contributed by atoms with Crippen LogP contribution in [0.5, 0.6) is 0 Å². The number of hydrogen-bond acceptors (Lipinski definition) is 3. The monoisotopic (exact) mass is 359 g/mol. The third-order valence-electron chi connectivity index (χ3n) is 3.88. The fourth-order valence-electron chi connectivity index (χ4n) is 2.66. The SMILES string of the molecule is CSc1ccc(Cl)c(C(=O)NCCn2c(C)nc3ccccc32)c1. The summed E-state index contributed by atoms with van der Waals surface area (Å²) < 4.78 is 2.11. The van der Waals surface area contributed by atoms with Crippen LogP contribution in [0.15, 0.2) is 47.4 Å². The van der Waals surface area contributed by atoms with Gasteiger partial charge in [-0.3, -0.25) is 4.79 Å². The average Bonchev–Trinajstić information content (AvgIpc) is 2.91. The maximum Gasteiger partial charge on any atom is 0.252 e. The molecule has 0 atom stereocenters. The van der Waals surface area contributed by atoms with Crippen LogP contribution in [0.2, 0.25) is 5.02 Å². The molecule has 0 aliphatic rings. The van der Waals surface area contributed by atoms with Crippen LogP contribution in [-0.2, 0) is 6.54 Å². The predicted molar refractivity (Wildman–Crippen MR) is 100 cm³/mol. The van der Waals surface area contributed by atoms with Crippen LogP contribution in [0.25, 0.3) is 11.0 Å². The average molecular weight is 360 g/mol. The second-order valence-corrected chi connectivity index (χ2v) is 6.69. The molecule has 0 unspecified atom stereocenters. The van der Waals surface area contributed by atoms with Gasteiger partial charge in [0.2, 0.25) is 0 Å². The molecule has 1 N–H and O–H groups in total. The number of carbonyl (C=O) groups is 1. The van der Waals surface area contributed by atoms with E-state index in [1.165, 1.54) is 0 Å². The number of nitrogens with zero attached hydrogens (tertiary/aromatic N) is 2. The standard InChI is InChI=1S/C18H18ClN3OS/c1-12-21-16-5-3-4-6-17(16)22(12)10-9-20-18(23)14-11-13(24-2)7-8-15(14)19/h3-8,11H,9-10H2,1-2H3,(H,20,23). The first kappa shape index (κ1) is 16.9.